The van der Waals surface area contributed by atoms with Gasteiger partial charge in [0.15, 0.2) is 0 Å². The summed E-state index contributed by atoms with van der Waals surface area (Å²) in [6, 6.07) is 4.42. The highest BCUT2D eigenvalue weighted by atomic mass is 16.5. The van der Waals surface area contributed by atoms with Gasteiger partial charge in [0.05, 0.1) is 6.61 Å². The van der Waals surface area contributed by atoms with Crippen LogP contribution in [-0.4, -0.2) is 53.7 Å². The van der Waals surface area contributed by atoms with Crippen molar-refractivity contribution >= 4 is 11.9 Å². The van der Waals surface area contributed by atoms with E-state index in [1.54, 1.807) is 12.0 Å². The minimum absolute atomic E-state index is 0.127. The summed E-state index contributed by atoms with van der Waals surface area (Å²) in [6.45, 7) is 3.56. The molecule has 0 aliphatic rings. The number of carbonyl (C=O) groups excluding carboxylic acids is 1. The molecule has 6 nitrogen and oxygen atoms in total. The molecule has 110 valence electrons. The fourth-order valence-electron chi connectivity index (χ4n) is 1.70. The Morgan fingerprint density at radius 1 is 1.30 bits per heavy atom. The molecule has 0 aliphatic carbocycles. The highest BCUT2D eigenvalue weighted by molar-refractivity contribution is 5.94. The standard InChI is InChI=1S/C14H20N2O4/c1-3-4-8-16(9-10-20-2)13(17)11-6-5-7-12(15-11)14(18)19/h5-7H,3-4,8-10H2,1-2H3,(H,18,19). The molecule has 0 radical (unpaired) electrons. The first kappa shape index (κ1) is 16.1. The van der Waals surface area contributed by atoms with Gasteiger partial charge in [0.25, 0.3) is 5.91 Å². The van der Waals surface area contributed by atoms with E-state index >= 15 is 0 Å². The van der Waals surface area contributed by atoms with Gasteiger partial charge in [-0.15, -0.1) is 0 Å². The van der Waals surface area contributed by atoms with Gasteiger partial charge in [-0.05, 0) is 18.6 Å². The predicted octanol–water partition coefficient (Wildman–Crippen LogP) is 1.67. The SMILES string of the molecule is CCCCN(CCOC)C(=O)c1cccc(C(=O)O)n1. The van der Waals surface area contributed by atoms with Crippen LogP contribution in [-0.2, 0) is 4.74 Å². The fraction of sp³-hybridized carbons (Fsp3) is 0.500. The largest absolute Gasteiger partial charge is 0.477 e. The van der Waals surface area contributed by atoms with Crippen molar-refractivity contribution in [2.45, 2.75) is 19.8 Å². The lowest BCUT2D eigenvalue weighted by atomic mass is 10.2. The number of aromatic nitrogens is 1. The quantitative estimate of drug-likeness (QED) is 0.783. The lowest BCUT2D eigenvalue weighted by molar-refractivity contribution is 0.0681. The number of carboxylic acids is 1. The maximum Gasteiger partial charge on any atom is 0.354 e. The Labute approximate surface area is 118 Å². The lowest BCUT2D eigenvalue weighted by Gasteiger charge is -2.21. The molecule has 1 heterocycles. The molecular weight excluding hydrogens is 260 g/mol. The molecule has 1 rings (SSSR count). The first-order valence-electron chi connectivity index (χ1n) is 6.58. The van der Waals surface area contributed by atoms with Crippen LogP contribution in [0.4, 0.5) is 0 Å². The number of hydrogen-bond acceptors (Lipinski definition) is 4. The van der Waals surface area contributed by atoms with Crippen LogP contribution >= 0.6 is 0 Å². The van der Waals surface area contributed by atoms with Crippen molar-refractivity contribution in [3.63, 3.8) is 0 Å². The summed E-state index contributed by atoms with van der Waals surface area (Å²) in [5, 5.41) is 8.91. The van der Waals surface area contributed by atoms with Gasteiger partial charge in [-0.1, -0.05) is 19.4 Å². The number of ether oxygens (including phenoxy) is 1. The lowest BCUT2D eigenvalue weighted by Crippen LogP contribution is -2.35. The normalized spacial score (nSPS) is 10.3. The van der Waals surface area contributed by atoms with Gasteiger partial charge >= 0.3 is 5.97 Å². The minimum atomic E-state index is -1.14. The highest BCUT2D eigenvalue weighted by Gasteiger charge is 2.17. The molecule has 0 spiro atoms. The Kier molecular flexibility index (Phi) is 6.66. The third-order valence-electron chi connectivity index (χ3n) is 2.82. The predicted molar refractivity (Wildman–Crippen MR) is 73.9 cm³/mol. The Bertz CT molecular complexity index is 454. The van der Waals surface area contributed by atoms with Crippen molar-refractivity contribution < 1.29 is 19.4 Å². The number of aromatic carboxylic acids is 1. The fourth-order valence-corrected chi connectivity index (χ4v) is 1.70. The van der Waals surface area contributed by atoms with Gasteiger partial charge in [-0.3, -0.25) is 4.79 Å². The third kappa shape index (κ3) is 4.62. The topological polar surface area (TPSA) is 79.7 Å². The molecule has 1 aromatic heterocycles. The van der Waals surface area contributed by atoms with Crippen LogP contribution in [0.5, 0.6) is 0 Å². The molecular formula is C14H20N2O4. The van der Waals surface area contributed by atoms with Crippen molar-refractivity contribution in [2.75, 3.05) is 26.8 Å². The van der Waals surface area contributed by atoms with Gasteiger partial charge in [-0.2, -0.15) is 0 Å². The molecule has 6 heteroatoms. The van der Waals surface area contributed by atoms with Crippen LogP contribution in [0.15, 0.2) is 18.2 Å². The smallest absolute Gasteiger partial charge is 0.354 e. The summed E-state index contributed by atoms with van der Waals surface area (Å²) < 4.78 is 4.99. The van der Waals surface area contributed by atoms with E-state index in [1.165, 1.54) is 18.2 Å². The Morgan fingerprint density at radius 2 is 2.00 bits per heavy atom. The summed E-state index contributed by atoms with van der Waals surface area (Å²) in [5.41, 5.74) is 0.0233. The van der Waals surface area contributed by atoms with Crippen molar-refractivity contribution in [3.05, 3.63) is 29.6 Å². The molecule has 0 atom stereocenters. The number of nitrogens with zero attached hydrogens (tertiary/aromatic N) is 2. The van der Waals surface area contributed by atoms with Crippen molar-refractivity contribution in [3.8, 4) is 0 Å². The van der Waals surface area contributed by atoms with Crippen LogP contribution in [0.25, 0.3) is 0 Å². The summed E-state index contributed by atoms with van der Waals surface area (Å²) in [4.78, 5) is 28.7. The van der Waals surface area contributed by atoms with Crippen molar-refractivity contribution in [1.29, 1.82) is 0 Å². The molecule has 1 N–H and O–H groups in total. The van der Waals surface area contributed by atoms with E-state index in [2.05, 4.69) is 4.98 Å². The summed E-state index contributed by atoms with van der Waals surface area (Å²) in [5.74, 6) is -1.41. The van der Waals surface area contributed by atoms with Crippen LogP contribution in [0.2, 0.25) is 0 Å². The number of amides is 1. The average molecular weight is 280 g/mol. The second kappa shape index (κ2) is 8.27. The molecule has 0 saturated carbocycles. The zero-order chi connectivity index (χ0) is 15.0. The van der Waals surface area contributed by atoms with Crippen molar-refractivity contribution in [2.24, 2.45) is 0 Å². The first-order valence-corrected chi connectivity index (χ1v) is 6.58. The molecule has 20 heavy (non-hydrogen) atoms. The molecule has 0 unspecified atom stereocenters. The zero-order valence-corrected chi connectivity index (χ0v) is 11.8. The van der Waals surface area contributed by atoms with Gasteiger partial charge < -0.3 is 14.7 Å². The Hall–Kier alpha value is -1.95. The molecule has 0 bridgehead atoms. The van der Waals surface area contributed by atoms with E-state index in [0.29, 0.717) is 19.7 Å². The molecule has 0 aliphatic heterocycles. The highest BCUT2D eigenvalue weighted by Crippen LogP contribution is 2.06. The van der Waals surface area contributed by atoms with Crippen LogP contribution in [0.1, 0.15) is 40.7 Å². The summed E-state index contributed by atoms with van der Waals surface area (Å²) in [6.07, 6.45) is 1.85. The second-order valence-corrected chi connectivity index (χ2v) is 4.35. The summed E-state index contributed by atoms with van der Waals surface area (Å²) in [7, 11) is 1.58. The molecule has 1 amide bonds. The zero-order valence-electron chi connectivity index (χ0n) is 11.8. The summed E-state index contributed by atoms with van der Waals surface area (Å²) >= 11 is 0. The number of unbranched alkanes of at least 4 members (excludes halogenated alkanes) is 1. The van der Waals surface area contributed by atoms with E-state index < -0.39 is 5.97 Å². The average Bonchev–Trinajstić information content (AvgIpc) is 2.47. The van der Waals surface area contributed by atoms with E-state index in [1.807, 2.05) is 6.92 Å². The number of methoxy groups -OCH3 is 1. The van der Waals surface area contributed by atoms with Gasteiger partial charge in [0.1, 0.15) is 11.4 Å². The van der Waals surface area contributed by atoms with Gasteiger partial charge in [0, 0.05) is 20.2 Å². The Morgan fingerprint density at radius 3 is 2.60 bits per heavy atom. The molecule has 1 aromatic rings. The molecule has 0 aromatic carbocycles. The maximum atomic E-state index is 12.3. The van der Waals surface area contributed by atoms with E-state index in [-0.39, 0.29) is 17.3 Å². The number of hydrogen-bond donors (Lipinski definition) is 1. The van der Waals surface area contributed by atoms with E-state index in [9.17, 15) is 9.59 Å². The number of rotatable bonds is 8. The van der Waals surface area contributed by atoms with Crippen molar-refractivity contribution in [1.82, 2.24) is 9.88 Å². The van der Waals surface area contributed by atoms with Crippen LogP contribution in [0, 0.1) is 0 Å². The van der Waals surface area contributed by atoms with Gasteiger partial charge in [-0.25, -0.2) is 9.78 Å². The van der Waals surface area contributed by atoms with E-state index in [4.69, 9.17) is 9.84 Å². The van der Waals surface area contributed by atoms with Gasteiger partial charge in [0.2, 0.25) is 0 Å². The number of carbonyl (C=O) groups is 2. The number of carboxylic acid groups (broad SMARTS) is 1. The maximum absolute atomic E-state index is 12.3. The third-order valence-corrected chi connectivity index (χ3v) is 2.82. The first-order chi connectivity index (χ1) is 9.60. The number of pyridine rings is 1. The monoisotopic (exact) mass is 280 g/mol. The van der Waals surface area contributed by atoms with E-state index in [0.717, 1.165) is 12.8 Å². The van der Waals surface area contributed by atoms with Crippen LogP contribution < -0.4 is 0 Å². The Balaban J connectivity index is 2.86. The molecule has 0 fully saturated rings. The second-order valence-electron chi connectivity index (χ2n) is 4.35. The van der Waals surface area contributed by atoms with Crippen LogP contribution in [0.3, 0.4) is 0 Å². The molecule has 0 saturated heterocycles. The minimum Gasteiger partial charge on any atom is -0.477 e.